The van der Waals surface area contributed by atoms with Crippen LogP contribution in [0.2, 0.25) is 0 Å². The summed E-state index contributed by atoms with van der Waals surface area (Å²) in [7, 11) is 3.85. The van der Waals surface area contributed by atoms with Crippen LogP contribution >= 0.6 is 0 Å². The number of carbonyl (C=O) groups excluding carboxylic acids is 1. The lowest BCUT2D eigenvalue weighted by atomic mass is 10.2. The summed E-state index contributed by atoms with van der Waals surface area (Å²) < 4.78 is 0. The molecule has 0 rings (SSSR count). The van der Waals surface area contributed by atoms with Gasteiger partial charge in [-0.25, -0.2) is 0 Å². The zero-order valence-electron chi connectivity index (χ0n) is 8.71. The van der Waals surface area contributed by atoms with Crippen LogP contribution in [0.25, 0.3) is 0 Å². The fourth-order valence-electron chi connectivity index (χ4n) is 0.902. The SMILES string of the molecule is CCC(CO)NC(=O)CCN(C)C. The van der Waals surface area contributed by atoms with E-state index in [4.69, 9.17) is 5.11 Å². The molecule has 0 heterocycles. The van der Waals surface area contributed by atoms with Crippen molar-refractivity contribution < 1.29 is 9.90 Å². The van der Waals surface area contributed by atoms with Crippen LogP contribution in [0.3, 0.4) is 0 Å². The number of nitrogens with one attached hydrogen (secondary N) is 1. The molecule has 0 radical (unpaired) electrons. The average molecular weight is 188 g/mol. The third kappa shape index (κ3) is 6.54. The zero-order chi connectivity index (χ0) is 10.3. The van der Waals surface area contributed by atoms with Crippen LogP contribution < -0.4 is 5.32 Å². The van der Waals surface area contributed by atoms with Gasteiger partial charge in [0.1, 0.15) is 0 Å². The highest BCUT2D eigenvalue weighted by Crippen LogP contribution is 1.91. The van der Waals surface area contributed by atoms with Gasteiger partial charge in [0.05, 0.1) is 12.6 Å². The number of hydrogen-bond acceptors (Lipinski definition) is 3. The van der Waals surface area contributed by atoms with Crippen molar-refractivity contribution in [3.8, 4) is 0 Å². The van der Waals surface area contributed by atoms with E-state index < -0.39 is 0 Å². The van der Waals surface area contributed by atoms with Crippen LogP contribution in [0.15, 0.2) is 0 Å². The van der Waals surface area contributed by atoms with E-state index in [2.05, 4.69) is 5.32 Å². The van der Waals surface area contributed by atoms with E-state index in [1.54, 1.807) is 0 Å². The highest BCUT2D eigenvalue weighted by molar-refractivity contribution is 5.76. The van der Waals surface area contributed by atoms with Crippen molar-refractivity contribution in [1.29, 1.82) is 0 Å². The summed E-state index contributed by atoms with van der Waals surface area (Å²) in [4.78, 5) is 13.2. The van der Waals surface area contributed by atoms with E-state index in [-0.39, 0.29) is 18.6 Å². The number of carbonyl (C=O) groups is 1. The van der Waals surface area contributed by atoms with E-state index >= 15 is 0 Å². The first-order valence-corrected chi connectivity index (χ1v) is 4.65. The Balaban J connectivity index is 3.60. The lowest BCUT2D eigenvalue weighted by Crippen LogP contribution is -2.38. The smallest absolute Gasteiger partial charge is 0.221 e. The molecule has 1 atom stereocenters. The van der Waals surface area contributed by atoms with Gasteiger partial charge in [0.25, 0.3) is 0 Å². The van der Waals surface area contributed by atoms with Gasteiger partial charge in [-0.1, -0.05) is 6.92 Å². The molecule has 1 unspecified atom stereocenters. The van der Waals surface area contributed by atoms with Gasteiger partial charge in [0.15, 0.2) is 0 Å². The molecule has 0 aromatic rings. The highest BCUT2D eigenvalue weighted by atomic mass is 16.3. The van der Waals surface area contributed by atoms with Crippen molar-refractivity contribution >= 4 is 5.91 Å². The Morgan fingerprint density at radius 2 is 2.15 bits per heavy atom. The van der Waals surface area contributed by atoms with E-state index in [1.165, 1.54) is 0 Å². The fraction of sp³-hybridized carbons (Fsp3) is 0.889. The molecule has 0 aliphatic rings. The molecular formula is C9H20N2O2. The second-order valence-corrected chi connectivity index (χ2v) is 3.41. The van der Waals surface area contributed by atoms with Crippen LogP contribution in [0, 0.1) is 0 Å². The summed E-state index contributed by atoms with van der Waals surface area (Å²) in [6.45, 7) is 2.70. The molecule has 0 aliphatic carbocycles. The minimum absolute atomic E-state index is 0.00889. The third-order valence-corrected chi connectivity index (χ3v) is 1.86. The van der Waals surface area contributed by atoms with Gasteiger partial charge < -0.3 is 15.3 Å². The molecule has 13 heavy (non-hydrogen) atoms. The van der Waals surface area contributed by atoms with Crippen LogP contribution in [-0.2, 0) is 4.79 Å². The van der Waals surface area contributed by atoms with Gasteiger partial charge >= 0.3 is 0 Å². The molecule has 0 spiro atoms. The normalized spacial score (nSPS) is 13.0. The number of aliphatic hydroxyl groups is 1. The van der Waals surface area contributed by atoms with Crippen molar-refractivity contribution in [2.24, 2.45) is 0 Å². The monoisotopic (exact) mass is 188 g/mol. The Kier molecular flexibility index (Phi) is 6.54. The van der Waals surface area contributed by atoms with Gasteiger partial charge in [-0.05, 0) is 20.5 Å². The fourth-order valence-corrected chi connectivity index (χ4v) is 0.902. The summed E-state index contributed by atoms with van der Waals surface area (Å²) in [5.41, 5.74) is 0. The van der Waals surface area contributed by atoms with E-state index in [9.17, 15) is 4.79 Å². The number of aliphatic hydroxyl groups excluding tert-OH is 1. The molecule has 0 aromatic carbocycles. The Morgan fingerprint density at radius 3 is 2.54 bits per heavy atom. The first kappa shape index (κ1) is 12.4. The lowest BCUT2D eigenvalue weighted by molar-refractivity contribution is -0.122. The maximum Gasteiger partial charge on any atom is 0.221 e. The molecule has 0 aromatic heterocycles. The number of hydrogen-bond donors (Lipinski definition) is 2. The van der Waals surface area contributed by atoms with Gasteiger partial charge in [-0.15, -0.1) is 0 Å². The second-order valence-electron chi connectivity index (χ2n) is 3.41. The van der Waals surface area contributed by atoms with Crippen LogP contribution in [0.4, 0.5) is 0 Å². The molecule has 0 saturated carbocycles. The Hall–Kier alpha value is -0.610. The molecule has 0 fully saturated rings. The maximum atomic E-state index is 11.2. The van der Waals surface area contributed by atoms with Crippen molar-refractivity contribution in [3.05, 3.63) is 0 Å². The molecule has 0 saturated heterocycles. The molecule has 4 heteroatoms. The molecule has 78 valence electrons. The molecule has 4 nitrogen and oxygen atoms in total. The van der Waals surface area contributed by atoms with Crippen molar-refractivity contribution in [3.63, 3.8) is 0 Å². The number of amides is 1. The van der Waals surface area contributed by atoms with Crippen molar-refractivity contribution in [2.45, 2.75) is 25.8 Å². The first-order valence-electron chi connectivity index (χ1n) is 4.65. The summed E-state index contributed by atoms with van der Waals surface area (Å²) >= 11 is 0. The van der Waals surface area contributed by atoms with E-state index in [1.807, 2.05) is 25.9 Å². The maximum absolute atomic E-state index is 11.2. The molecular weight excluding hydrogens is 168 g/mol. The predicted molar refractivity (Wildman–Crippen MR) is 52.5 cm³/mol. The molecule has 0 aliphatic heterocycles. The zero-order valence-corrected chi connectivity index (χ0v) is 8.71. The minimum atomic E-state index is -0.0883. The number of nitrogens with zero attached hydrogens (tertiary/aromatic N) is 1. The summed E-state index contributed by atoms with van der Waals surface area (Å²) in [5.74, 6) is 0.00889. The summed E-state index contributed by atoms with van der Waals surface area (Å²) in [6.07, 6.45) is 1.26. The van der Waals surface area contributed by atoms with Gasteiger partial charge in [0, 0.05) is 13.0 Å². The van der Waals surface area contributed by atoms with Crippen LogP contribution in [0.1, 0.15) is 19.8 Å². The summed E-state index contributed by atoms with van der Waals surface area (Å²) in [5, 5.41) is 11.6. The third-order valence-electron chi connectivity index (χ3n) is 1.86. The second kappa shape index (κ2) is 6.86. The summed E-state index contributed by atoms with van der Waals surface area (Å²) in [6, 6.07) is -0.0883. The van der Waals surface area contributed by atoms with Crippen LogP contribution in [0.5, 0.6) is 0 Å². The van der Waals surface area contributed by atoms with E-state index in [0.717, 1.165) is 13.0 Å². The average Bonchev–Trinajstić information content (AvgIpc) is 2.10. The number of rotatable bonds is 6. The lowest BCUT2D eigenvalue weighted by Gasteiger charge is -2.15. The Bertz CT molecular complexity index is 145. The minimum Gasteiger partial charge on any atom is -0.394 e. The van der Waals surface area contributed by atoms with Crippen molar-refractivity contribution in [1.82, 2.24) is 10.2 Å². The Labute approximate surface area is 79.9 Å². The van der Waals surface area contributed by atoms with E-state index in [0.29, 0.717) is 6.42 Å². The quantitative estimate of drug-likeness (QED) is 0.608. The molecule has 2 N–H and O–H groups in total. The highest BCUT2D eigenvalue weighted by Gasteiger charge is 2.08. The standard InChI is InChI=1S/C9H20N2O2/c1-4-8(7-12)10-9(13)5-6-11(2)3/h8,12H,4-7H2,1-3H3,(H,10,13). The largest absolute Gasteiger partial charge is 0.394 e. The predicted octanol–water partition coefficient (Wildman–Crippen LogP) is -0.175. The van der Waals surface area contributed by atoms with Gasteiger partial charge in [0.2, 0.25) is 5.91 Å². The van der Waals surface area contributed by atoms with Gasteiger partial charge in [-0.3, -0.25) is 4.79 Å². The topological polar surface area (TPSA) is 52.6 Å². The van der Waals surface area contributed by atoms with Crippen molar-refractivity contribution in [2.75, 3.05) is 27.2 Å². The van der Waals surface area contributed by atoms with Gasteiger partial charge in [-0.2, -0.15) is 0 Å². The Morgan fingerprint density at radius 1 is 1.54 bits per heavy atom. The molecule has 0 bridgehead atoms. The first-order chi connectivity index (χ1) is 6.10. The molecule has 1 amide bonds. The van der Waals surface area contributed by atoms with Crippen LogP contribution in [-0.4, -0.2) is 49.2 Å².